The summed E-state index contributed by atoms with van der Waals surface area (Å²) in [5.74, 6) is -0.341. The van der Waals surface area contributed by atoms with E-state index in [1.165, 1.54) is 22.5 Å². The van der Waals surface area contributed by atoms with Crippen molar-refractivity contribution in [3.8, 4) is 0 Å². The Morgan fingerprint density at radius 3 is 2.52 bits per heavy atom. The Kier molecular flexibility index (Phi) is 4.48. The third kappa shape index (κ3) is 3.02. The molecule has 6 heteroatoms. The van der Waals surface area contributed by atoms with E-state index in [2.05, 4.69) is 0 Å². The van der Waals surface area contributed by atoms with Crippen LogP contribution >= 0.6 is 0 Å². The van der Waals surface area contributed by atoms with Gasteiger partial charge < -0.3 is 5.11 Å². The van der Waals surface area contributed by atoms with Crippen molar-refractivity contribution in [2.75, 3.05) is 6.54 Å². The predicted octanol–water partition coefficient (Wildman–Crippen LogP) is 2.84. The van der Waals surface area contributed by atoms with Crippen LogP contribution in [0.3, 0.4) is 0 Å². The average Bonchev–Trinajstić information content (AvgIpc) is 3.06. The van der Waals surface area contributed by atoms with E-state index in [1.807, 2.05) is 0 Å². The molecule has 0 saturated carbocycles. The van der Waals surface area contributed by atoms with Gasteiger partial charge in [-0.1, -0.05) is 30.3 Å². The van der Waals surface area contributed by atoms with Crippen molar-refractivity contribution in [3.63, 3.8) is 0 Å². The Balaban J connectivity index is 2.00. The van der Waals surface area contributed by atoms with Gasteiger partial charge in [-0.15, -0.1) is 0 Å². The molecule has 23 heavy (non-hydrogen) atoms. The van der Waals surface area contributed by atoms with Crippen molar-refractivity contribution < 1.29 is 17.9 Å². The van der Waals surface area contributed by atoms with Crippen molar-refractivity contribution in [2.45, 2.75) is 30.4 Å². The van der Waals surface area contributed by atoms with Crippen LogP contribution in [0.25, 0.3) is 0 Å². The summed E-state index contributed by atoms with van der Waals surface area (Å²) in [7, 11) is -3.71. The molecule has 1 atom stereocenters. The van der Waals surface area contributed by atoms with E-state index < -0.39 is 10.0 Å². The molecule has 122 valence electrons. The van der Waals surface area contributed by atoms with Gasteiger partial charge in [0.1, 0.15) is 5.82 Å². The second-order valence-corrected chi connectivity index (χ2v) is 7.45. The van der Waals surface area contributed by atoms with Gasteiger partial charge >= 0.3 is 0 Å². The second kappa shape index (κ2) is 6.39. The summed E-state index contributed by atoms with van der Waals surface area (Å²) >= 11 is 0. The largest absolute Gasteiger partial charge is 0.392 e. The van der Waals surface area contributed by atoms with E-state index >= 15 is 0 Å². The zero-order valence-corrected chi connectivity index (χ0v) is 13.3. The number of hydrogen-bond acceptors (Lipinski definition) is 3. The summed E-state index contributed by atoms with van der Waals surface area (Å²) in [4.78, 5) is 0.136. The van der Waals surface area contributed by atoms with Crippen molar-refractivity contribution in [1.82, 2.24) is 4.31 Å². The first-order chi connectivity index (χ1) is 11.0. The van der Waals surface area contributed by atoms with Crippen LogP contribution in [0.1, 0.15) is 30.0 Å². The van der Waals surface area contributed by atoms with Crippen molar-refractivity contribution in [3.05, 3.63) is 65.5 Å². The molecule has 1 saturated heterocycles. The quantitative estimate of drug-likeness (QED) is 0.935. The van der Waals surface area contributed by atoms with Crippen LogP contribution in [0.2, 0.25) is 0 Å². The lowest BCUT2D eigenvalue weighted by Crippen LogP contribution is -2.31. The lowest BCUT2D eigenvalue weighted by molar-refractivity contribution is 0.278. The highest BCUT2D eigenvalue weighted by atomic mass is 32.2. The van der Waals surface area contributed by atoms with Crippen LogP contribution in [0, 0.1) is 5.82 Å². The van der Waals surface area contributed by atoms with Gasteiger partial charge in [0.15, 0.2) is 0 Å². The van der Waals surface area contributed by atoms with E-state index in [0.717, 1.165) is 12.0 Å². The number of nitrogens with zero attached hydrogens (tertiary/aromatic N) is 1. The van der Waals surface area contributed by atoms with E-state index in [-0.39, 0.29) is 23.4 Å². The topological polar surface area (TPSA) is 57.6 Å². The molecular formula is C17H18FNO3S. The monoisotopic (exact) mass is 335 g/mol. The SMILES string of the molecule is O=S(=O)(c1ccccc1CO)N1CCCC1c1ccc(F)cc1. The lowest BCUT2D eigenvalue weighted by Gasteiger charge is -2.25. The molecule has 2 aromatic rings. The van der Waals surface area contributed by atoms with Crippen molar-refractivity contribution in [1.29, 1.82) is 0 Å². The van der Waals surface area contributed by atoms with Crippen molar-refractivity contribution >= 4 is 10.0 Å². The molecule has 1 aliphatic rings. The molecule has 0 spiro atoms. The fourth-order valence-corrected chi connectivity index (χ4v) is 4.96. The van der Waals surface area contributed by atoms with E-state index in [4.69, 9.17) is 0 Å². The maximum absolute atomic E-state index is 13.1. The molecule has 1 N–H and O–H groups in total. The molecule has 0 radical (unpaired) electrons. The average molecular weight is 335 g/mol. The van der Waals surface area contributed by atoms with Crippen molar-refractivity contribution in [2.24, 2.45) is 0 Å². The number of halogens is 1. The second-order valence-electron chi connectivity index (χ2n) is 5.59. The Bertz CT molecular complexity index is 790. The molecule has 4 nitrogen and oxygen atoms in total. The molecule has 1 fully saturated rings. The summed E-state index contributed by atoms with van der Waals surface area (Å²) in [6.07, 6.45) is 1.45. The number of sulfonamides is 1. The summed E-state index contributed by atoms with van der Waals surface area (Å²) in [6, 6.07) is 12.1. The van der Waals surface area contributed by atoms with Gasteiger partial charge in [0.05, 0.1) is 17.5 Å². The molecular weight excluding hydrogens is 317 g/mol. The van der Waals surface area contributed by atoms with Gasteiger partial charge in [-0.2, -0.15) is 4.31 Å². The van der Waals surface area contributed by atoms with Crippen LogP contribution in [0.4, 0.5) is 4.39 Å². The number of aliphatic hydroxyl groups excluding tert-OH is 1. The number of rotatable bonds is 4. The standard InChI is InChI=1S/C17H18FNO3S/c18-15-9-7-13(8-10-15)16-5-3-11-19(16)23(21,22)17-6-2-1-4-14(17)12-20/h1-2,4,6-10,16,20H,3,5,11-12H2. The van der Waals surface area contributed by atoms with Crippen LogP contribution in [-0.4, -0.2) is 24.4 Å². The first kappa shape index (κ1) is 16.1. The Labute approximate surface area is 135 Å². The first-order valence-electron chi connectivity index (χ1n) is 7.50. The number of benzene rings is 2. The van der Waals surface area contributed by atoms with Gasteiger partial charge in [-0.3, -0.25) is 0 Å². The number of aliphatic hydroxyl groups is 1. The third-order valence-corrected chi connectivity index (χ3v) is 6.20. The van der Waals surface area contributed by atoms with E-state index in [1.54, 1.807) is 30.3 Å². The third-order valence-electron chi connectivity index (χ3n) is 4.19. The normalized spacial score (nSPS) is 19.1. The summed E-state index contributed by atoms with van der Waals surface area (Å²) < 4.78 is 40.6. The highest BCUT2D eigenvalue weighted by Gasteiger charge is 2.37. The molecule has 2 aromatic carbocycles. The highest BCUT2D eigenvalue weighted by molar-refractivity contribution is 7.89. The molecule has 1 aliphatic heterocycles. The summed E-state index contributed by atoms with van der Waals surface area (Å²) in [6.45, 7) is 0.0919. The van der Waals surface area contributed by atoms with Crippen LogP contribution in [0.15, 0.2) is 53.4 Å². The predicted molar refractivity (Wildman–Crippen MR) is 84.6 cm³/mol. The van der Waals surface area contributed by atoms with Crippen LogP contribution in [-0.2, 0) is 16.6 Å². The zero-order chi connectivity index (χ0) is 16.4. The lowest BCUT2D eigenvalue weighted by atomic mass is 10.1. The number of hydrogen-bond donors (Lipinski definition) is 1. The minimum Gasteiger partial charge on any atom is -0.392 e. The molecule has 1 unspecified atom stereocenters. The zero-order valence-electron chi connectivity index (χ0n) is 12.5. The Hall–Kier alpha value is -1.76. The van der Waals surface area contributed by atoms with Gasteiger partial charge in [-0.05, 0) is 42.2 Å². The van der Waals surface area contributed by atoms with Crippen LogP contribution < -0.4 is 0 Å². The van der Waals surface area contributed by atoms with E-state index in [9.17, 15) is 17.9 Å². The molecule has 3 rings (SSSR count). The maximum Gasteiger partial charge on any atom is 0.243 e. The van der Waals surface area contributed by atoms with Gasteiger partial charge in [0, 0.05) is 6.54 Å². The molecule has 0 amide bonds. The molecule has 0 aliphatic carbocycles. The minimum absolute atomic E-state index is 0.136. The van der Waals surface area contributed by atoms with Gasteiger partial charge in [-0.25, -0.2) is 12.8 Å². The molecule has 0 aromatic heterocycles. The Morgan fingerprint density at radius 1 is 1.13 bits per heavy atom. The van der Waals surface area contributed by atoms with E-state index in [0.29, 0.717) is 18.5 Å². The molecule has 0 bridgehead atoms. The minimum atomic E-state index is -3.71. The molecule has 1 heterocycles. The summed E-state index contributed by atoms with van der Waals surface area (Å²) in [5.41, 5.74) is 1.17. The highest BCUT2D eigenvalue weighted by Crippen LogP contribution is 2.37. The van der Waals surface area contributed by atoms with Gasteiger partial charge in [0.2, 0.25) is 10.0 Å². The van der Waals surface area contributed by atoms with Crippen LogP contribution in [0.5, 0.6) is 0 Å². The van der Waals surface area contributed by atoms with Gasteiger partial charge in [0.25, 0.3) is 0 Å². The fourth-order valence-electron chi connectivity index (χ4n) is 3.06. The fraction of sp³-hybridized carbons (Fsp3) is 0.294. The smallest absolute Gasteiger partial charge is 0.243 e. The Morgan fingerprint density at radius 2 is 1.83 bits per heavy atom. The first-order valence-corrected chi connectivity index (χ1v) is 8.94. The summed E-state index contributed by atoms with van der Waals surface area (Å²) in [5, 5.41) is 9.41. The maximum atomic E-state index is 13.1.